The number of benzene rings is 1. The van der Waals surface area contributed by atoms with Crippen molar-refractivity contribution in [2.45, 2.75) is 18.8 Å². The Bertz CT molecular complexity index is 926. The molecule has 1 atom stereocenters. The molecular weight excluding hydrogens is 344 g/mol. The summed E-state index contributed by atoms with van der Waals surface area (Å²) in [4.78, 5) is 22.8. The first-order valence-electron chi connectivity index (χ1n) is 8.88. The summed E-state index contributed by atoms with van der Waals surface area (Å²) in [6.07, 6.45) is 2.87. The van der Waals surface area contributed by atoms with Crippen molar-refractivity contribution >= 4 is 5.91 Å². The van der Waals surface area contributed by atoms with E-state index in [1.165, 1.54) is 5.56 Å². The number of hydrogen-bond acceptors (Lipinski definition) is 6. The van der Waals surface area contributed by atoms with Crippen LogP contribution in [0, 0.1) is 0 Å². The molecule has 1 amide bonds. The van der Waals surface area contributed by atoms with Crippen molar-refractivity contribution in [3.63, 3.8) is 0 Å². The first-order valence-corrected chi connectivity index (χ1v) is 8.88. The third kappa shape index (κ3) is 3.81. The van der Waals surface area contributed by atoms with Gasteiger partial charge in [0.2, 0.25) is 23.5 Å². The monoisotopic (exact) mass is 364 g/mol. The fourth-order valence-corrected chi connectivity index (χ4v) is 3.24. The number of methoxy groups -OCH3 is 1. The molecule has 3 heterocycles. The molecule has 7 heteroatoms. The maximum atomic E-state index is 12.4. The van der Waals surface area contributed by atoms with Crippen LogP contribution in [0.4, 0.5) is 0 Å². The molecule has 27 heavy (non-hydrogen) atoms. The van der Waals surface area contributed by atoms with Crippen molar-refractivity contribution in [3.05, 3.63) is 60.1 Å². The van der Waals surface area contributed by atoms with E-state index in [2.05, 4.69) is 27.3 Å². The summed E-state index contributed by atoms with van der Waals surface area (Å²) in [6, 6.07) is 13.7. The summed E-state index contributed by atoms with van der Waals surface area (Å²) in [5, 5.41) is 4.05. The molecule has 0 aliphatic carbocycles. The first kappa shape index (κ1) is 17.2. The number of amides is 1. The van der Waals surface area contributed by atoms with Crippen LogP contribution in [0.2, 0.25) is 0 Å². The molecule has 0 radical (unpaired) electrons. The molecule has 4 rings (SSSR count). The van der Waals surface area contributed by atoms with Gasteiger partial charge in [0.05, 0.1) is 13.0 Å². The Morgan fingerprint density at radius 3 is 2.93 bits per heavy atom. The zero-order valence-corrected chi connectivity index (χ0v) is 15.0. The van der Waals surface area contributed by atoms with Gasteiger partial charge >= 0.3 is 0 Å². The molecule has 1 aliphatic heterocycles. The number of ether oxygens (including phenoxy) is 1. The summed E-state index contributed by atoms with van der Waals surface area (Å²) < 4.78 is 10.6. The molecular formula is C20H20N4O3. The van der Waals surface area contributed by atoms with E-state index in [4.69, 9.17) is 9.26 Å². The van der Waals surface area contributed by atoms with Crippen LogP contribution >= 0.6 is 0 Å². The number of hydrogen-bond donors (Lipinski definition) is 0. The van der Waals surface area contributed by atoms with Crippen LogP contribution in [-0.2, 0) is 11.2 Å². The Balaban J connectivity index is 1.42. The van der Waals surface area contributed by atoms with Gasteiger partial charge in [-0.1, -0.05) is 35.5 Å². The topological polar surface area (TPSA) is 81.4 Å². The van der Waals surface area contributed by atoms with Crippen molar-refractivity contribution in [3.8, 4) is 17.3 Å². The summed E-state index contributed by atoms with van der Waals surface area (Å²) in [5.74, 6) is 1.51. The van der Waals surface area contributed by atoms with Gasteiger partial charge in [0.1, 0.15) is 0 Å². The highest BCUT2D eigenvalue weighted by molar-refractivity contribution is 5.79. The highest BCUT2D eigenvalue weighted by atomic mass is 16.5. The van der Waals surface area contributed by atoms with Gasteiger partial charge in [-0.05, 0) is 18.1 Å². The molecule has 0 bridgehead atoms. The molecule has 1 unspecified atom stereocenters. The number of carbonyl (C=O) groups excluding carboxylic acids is 1. The Morgan fingerprint density at radius 1 is 1.26 bits per heavy atom. The zero-order valence-electron chi connectivity index (χ0n) is 15.0. The second kappa shape index (κ2) is 7.57. The summed E-state index contributed by atoms with van der Waals surface area (Å²) in [5.41, 5.74) is 1.99. The molecule has 0 spiro atoms. The molecule has 7 nitrogen and oxygen atoms in total. The van der Waals surface area contributed by atoms with Crippen LogP contribution in [0.15, 0.2) is 53.2 Å². The standard InChI is InChI=1S/C20H20N4O3/c1-26-17-11-15(7-9-21-17)19-22-20(27-23-19)16-12-18(25)24(13-16)10-8-14-5-3-2-4-6-14/h2-7,9,11,16H,8,10,12-13H2,1H3. The third-order valence-electron chi connectivity index (χ3n) is 4.72. The van der Waals surface area contributed by atoms with Gasteiger partial charge in [-0.3, -0.25) is 4.79 Å². The molecule has 2 aromatic heterocycles. The highest BCUT2D eigenvalue weighted by Crippen LogP contribution is 2.29. The van der Waals surface area contributed by atoms with E-state index in [1.54, 1.807) is 25.4 Å². The normalized spacial score (nSPS) is 16.7. The predicted molar refractivity (Wildman–Crippen MR) is 98.2 cm³/mol. The van der Waals surface area contributed by atoms with Gasteiger partial charge in [0, 0.05) is 37.3 Å². The molecule has 1 fully saturated rings. The van der Waals surface area contributed by atoms with E-state index in [0.29, 0.717) is 37.1 Å². The Labute approximate surface area is 157 Å². The molecule has 3 aromatic rings. The van der Waals surface area contributed by atoms with Crippen LogP contribution in [0.3, 0.4) is 0 Å². The zero-order chi connectivity index (χ0) is 18.6. The van der Waals surface area contributed by atoms with Gasteiger partial charge in [-0.15, -0.1) is 0 Å². The minimum Gasteiger partial charge on any atom is -0.481 e. The van der Waals surface area contributed by atoms with Gasteiger partial charge in [0.15, 0.2) is 0 Å². The first-order chi connectivity index (χ1) is 13.2. The van der Waals surface area contributed by atoms with Crippen LogP contribution in [0.5, 0.6) is 5.88 Å². The smallest absolute Gasteiger partial charge is 0.232 e. The van der Waals surface area contributed by atoms with Crippen molar-refractivity contribution in [2.24, 2.45) is 0 Å². The second-order valence-electron chi connectivity index (χ2n) is 6.52. The van der Waals surface area contributed by atoms with E-state index in [9.17, 15) is 4.79 Å². The predicted octanol–water partition coefficient (Wildman–Crippen LogP) is 2.70. The minimum atomic E-state index is -0.0711. The lowest BCUT2D eigenvalue weighted by molar-refractivity contribution is -0.127. The fourth-order valence-electron chi connectivity index (χ4n) is 3.24. The highest BCUT2D eigenvalue weighted by Gasteiger charge is 2.34. The summed E-state index contributed by atoms with van der Waals surface area (Å²) >= 11 is 0. The SMILES string of the molecule is COc1cc(-c2noc(C3CC(=O)N(CCc4ccccc4)C3)n2)ccn1. The largest absolute Gasteiger partial charge is 0.481 e. The van der Waals surface area contributed by atoms with Crippen molar-refractivity contribution in [1.82, 2.24) is 20.0 Å². The Hall–Kier alpha value is -3.22. The van der Waals surface area contributed by atoms with Crippen molar-refractivity contribution < 1.29 is 14.1 Å². The number of rotatable bonds is 6. The van der Waals surface area contributed by atoms with Crippen molar-refractivity contribution in [1.29, 1.82) is 0 Å². The quantitative estimate of drug-likeness (QED) is 0.669. The molecule has 138 valence electrons. The summed E-state index contributed by atoms with van der Waals surface area (Å²) in [7, 11) is 1.56. The van der Waals surface area contributed by atoms with E-state index < -0.39 is 0 Å². The Morgan fingerprint density at radius 2 is 2.11 bits per heavy atom. The number of pyridine rings is 1. The average Bonchev–Trinajstić information content (AvgIpc) is 3.34. The molecule has 0 N–H and O–H groups in total. The van der Waals surface area contributed by atoms with Gasteiger partial charge in [0.25, 0.3) is 0 Å². The lowest BCUT2D eigenvalue weighted by atomic mass is 10.1. The molecule has 1 aliphatic rings. The van der Waals surface area contributed by atoms with E-state index in [-0.39, 0.29) is 11.8 Å². The minimum absolute atomic E-state index is 0.0711. The van der Waals surface area contributed by atoms with Gasteiger partial charge < -0.3 is 14.2 Å². The lowest BCUT2D eigenvalue weighted by Gasteiger charge is -2.15. The van der Waals surface area contributed by atoms with Crippen LogP contribution in [-0.4, -0.2) is 46.1 Å². The lowest BCUT2D eigenvalue weighted by Crippen LogP contribution is -2.27. The Kier molecular flexibility index (Phi) is 4.82. The van der Waals surface area contributed by atoms with Crippen LogP contribution in [0.25, 0.3) is 11.4 Å². The van der Waals surface area contributed by atoms with E-state index >= 15 is 0 Å². The maximum absolute atomic E-state index is 12.4. The van der Waals surface area contributed by atoms with Crippen molar-refractivity contribution in [2.75, 3.05) is 20.2 Å². The molecule has 1 saturated heterocycles. The van der Waals surface area contributed by atoms with E-state index in [0.717, 1.165) is 12.0 Å². The number of likely N-dealkylation sites (tertiary alicyclic amines) is 1. The van der Waals surface area contributed by atoms with Gasteiger partial charge in [-0.25, -0.2) is 4.98 Å². The van der Waals surface area contributed by atoms with E-state index in [1.807, 2.05) is 23.1 Å². The number of carbonyl (C=O) groups is 1. The second-order valence-corrected chi connectivity index (χ2v) is 6.52. The molecule has 1 aromatic carbocycles. The fraction of sp³-hybridized carbons (Fsp3) is 0.300. The summed E-state index contributed by atoms with van der Waals surface area (Å²) in [6.45, 7) is 1.30. The number of nitrogens with zero attached hydrogens (tertiary/aromatic N) is 4. The van der Waals surface area contributed by atoms with Crippen LogP contribution < -0.4 is 4.74 Å². The van der Waals surface area contributed by atoms with Gasteiger partial charge in [-0.2, -0.15) is 4.98 Å². The van der Waals surface area contributed by atoms with Crippen LogP contribution in [0.1, 0.15) is 23.8 Å². The molecule has 0 saturated carbocycles. The third-order valence-corrected chi connectivity index (χ3v) is 4.72. The number of aromatic nitrogens is 3. The average molecular weight is 364 g/mol. The maximum Gasteiger partial charge on any atom is 0.232 e.